The van der Waals surface area contributed by atoms with Crippen LogP contribution in [0.3, 0.4) is 0 Å². The molecule has 1 aromatic carbocycles. The number of hydrogen-bond acceptors (Lipinski definition) is 3. The first kappa shape index (κ1) is 14.9. The number of likely N-dealkylation sites (tertiary alicyclic amines) is 1. The van der Waals surface area contributed by atoms with Gasteiger partial charge in [0.05, 0.1) is 7.11 Å². The summed E-state index contributed by atoms with van der Waals surface area (Å²) < 4.78 is 5.39. The molecule has 0 saturated carbocycles. The minimum atomic E-state index is 0.675. The molecule has 3 heteroatoms. The Morgan fingerprint density at radius 2 is 2.10 bits per heavy atom. The van der Waals surface area contributed by atoms with Crippen LogP contribution in [0.25, 0.3) is 0 Å². The molecule has 0 bridgehead atoms. The van der Waals surface area contributed by atoms with Crippen molar-refractivity contribution in [2.45, 2.75) is 51.1 Å². The Hall–Kier alpha value is -1.06. The second-order valence-corrected chi connectivity index (χ2v) is 6.76. The van der Waals surface area contributed by atoms with E-state index in [-0.39, 0.29) is 0 Å². The fourth-order valence-electron chi connectivity index (χ4n) is 4.04. The molecule has 2 N–H and O–H groups in total. The zero-order chi connectivity index (χ0) is 14.8. The highest BCUT2D eigenvalue weighted by Crippen LogP contribution is 2.32. The van der Waals surface area contributed by atoms with Crippen LogP contribution in [0.15, 0.2) is 18.2 Å². The van der Waals surface area contributed by atoms with Gasteiger partial charge in [0.1, 0.15) is 5.75 Å². The lowest BCUT2D eigenvalue weighted by molar-refractivity contribution is 0.0668. The maximum absolute atomic E-state index is 5.91. The topological polar surface area (TPSA) is 38.5 Å². The second-order valence-electron chi connectivity index (χ2n) is 6.76. The molecule has 1 aliphatic heterocycles. The number of rotatable bonds is 3. The fraction of sp³-hybridized carbons (Fsp3) is 0.667. The highest BCUT2D eigenvalue weighted by Gasteiger charge is 2.32. The van der Waals surface area contributed by atoms with E-state index in [1.807, 2.05) is 0 Å². The molecular formula is C18H28N2O. The van der Waals surface area contributed by atoms with Gasteiger partial charge in [0.25, 0.3) is 0 Å². The SMILES string of the molecule is COc1ccc2c(c1)CC(N1CC(CN)CCC1C)CC2. The summed E-state index contributed by atoms with van der Waals surface area (Å²) in [5.74, 6) is 1.67. The molecule has 0 aromatic heterocycles. The lowest BCUT2D eigenvalue weighted by atomic mass is 9.84. The van der Waals surface area contributed by atoms with Gasteiger partial charge in [0, 0.05) is 18.6 Å². The monoisotopic (exact) mass is 288 g/mol. The molecule has 116 valence electrons. The van der Waals surface area contributed by atoms with Gasteiger partial charge in [-0.1, -0.05) is 6.07 Å². The Kier molecular flexibility index (Phi) is 4.51. The summed E-state index contributed by atoms with van der Waals surface area (Å²) in [7, 11) is 1.75. The van der Waals surface area contributed by atoms with E-state index in [9.17, 15) is 0 Å². The van der Waals surface area contributed by atoms with Gasteiger partial charge in [0.2, 0.25) is 0 Å². The summed E-state index contributed by atoms with van der Waals surface area (Å²) in [5.41, 5.74) is 8.90. The first-order chi connectivity index (χ1) is 10.2. The molecule has 3 atom stereocenters. The quantitative estimate of drug-likeness (QED) is 0.929. The van der Waals surface area contributed by atoms with E-state index in [1.54, 1.807) is 7.11 Å². The molecule has 3 nitrogen and oxygen atoms in total. The summed E-state index contributed by atoms with van der Waals surface area (Å²) in [6, 6.07) is 7.94. The molecule has 1 saturated heterocycles. The van der Waals surface area contributed by atoms with Crippen LogP contribution < -0.4 is 10.5 Å². The van der Waals surface area contributed by atoms with Gasteiger partial charge < -0.3 is 10.5 Å². The Labute approximate surface area is 128 Å². The molecule has 21 heavy (non-hydrogen) atoms. The molecule has 2 aliphatic rings. The number of methoxy groups -OCH3 is 1. The lowest BCUT2D eigenvalue weighted by Crippen LogP contribution is -2.50. The molecule has 1 fully saturated rings. The van der Waals surface area contributed by atoms with Crippen molar-refractivity contribution >= 4 is 0 Å². The number of piperidine rings is 1. The summed E-state index contributed by atoms with van der Waals surface area (Å²) in [5, 5.41) is 0. The van der Waals surface area contributed by atoms with Crippen LogP contribution in [0.1, 0.15) is 37.3 Å². The third-order valence-corrected chi connectivity index (χ3v) is 5.45. The van der Waals surface area contributed by atoms with E-state index in [1.165, 1.54) is 43.4 Å². The van der Waals surface area contributed by atoms with E-state index < -0.39 is 0 Å². The van der Waals surface area contributed by atoms with Gasteiger partial charge in [0.15, 0.2) is 0 Å². The van der Waals surface area contributed by atoms with Crippen molar-refractivity contribution in [1.82, 2.24) is 4.90 Å². The van der Waals surface area contributed by atoms with Crippen molar-refractivity contribution in [3.8, 4) is 5.75 Å². The van der Waals surface area contributed by atoms with Crippen LogP contribution in [-0.4, -0.2) is 37.2 Å². The molecular weight excluding hydrogens is 260 g/mol. The summed E-state index contributed by atoms with van der Waals surface area (Å²) >= 11 is 0. The van der Waals surface area contributed by atoms with Gasteiger partial charge in [-0.05, 0) is 74.8 Å². The smallest absolute Gasteiger partial charge is 0.119 e. The summed E-state index contributed by atoms with van der Waals surface area (Å²) in [6.07, 6.45) is 6.23. The maximum Gasteiger partial charge on any atom is 0.119 e. The predicted octanol–water partition coefficient (Wildman–Crippen LogP) is 2.61. The van der Waals surface area contributed by atoms with Crippen molar-refractivity contribution in [2.75, 3.05) is 20.2 Å². The molecule has 1 heterocycles. The van der Waals surface area contributed by atoms with Crippen LogP contribution in [-0.2, 0) is 12.8 Å². The van der Waals surface area contributed by atoms with E-state index in [0.29, 0.717) is 18.0 Å². The third-order valence-electron chi connectivity index (χ3n) is 5.45. The summed E-state index contributed by atoms with van der Waals surface area (Å²) in [4.78, 5) is 2.73. The first-order valence-corrected chi connectivity index (χ1v) is 8.33. The minimum absolute atomic E-state index is 0.675. The molecule has 3 rings (SSSR count). The number of hydrogen-bond donors (Lipinski definition) is 1. The molecule has 0 spiro atoms. The highest BCUT2D eigenvalue weighted by molar-refractivity contribution is 5.38. The standard InChI is InChI=1S/C18H28N2O/c1-13-3-4-14(11-19)12-20(13)17-7-5-15-6-8-18(21-2)10-16(15)9-17/h6,8,10,13-14,17H,3-5,7,9,11-12,19H2,1-2H3. The van der Waals surface area contributed by atoms with Crippen LogP contribution >= 0.6 is 0 Å². The highest BCUT2D eigenvalue weighted by atomic mass is 16.5. The normalized spacial score (nSPS) is 30.0. The molecule has 1 aliphatic carbocycles. The average molecular weight is 288 g/mol. The fourth-order valence-corrected chi connectivity index (χ4v) is 4.04. The third kappa shape index (κ3) is 3.09. The van der Waals surface area contributed by atoms with E-state index in [4.69, 9.17) is 10.5 Å². The number of nitrogens with two attached hydrogens (primary N) is 1. The van der Waals surface area contributed by atoms with Crippen LogP contribution in [0, 0.1) is 5.92 Å². The van der Waals surface area contributed by atoms with E-state index >= 15 is 0 Å². The van der Waals surface area contributed by atoms with Crippen molar-refractivity contribution < 1.29 is 4.74 Å². The first-order valence-electron chi connectivity index (χ1n) is 8.33. The second kappa shape index (κ2) is 6.37. The number of nitrogens with zero attached hydrogens (tertiary/aromatic N) is 1. The Morgan fingerprint density at radius 3 is 2.86 bits per heavy atom. The molecule has 0 amide bonds. The van der Waals surface area contributed by atoms with Crippen LogP contribution in [0.4, 0.5) is 0 Å². The van der Waals surface area contributed by atoms with Gasteiger partial charge in [-0.15, -0.1) is 0 Å². The van der Waals surface area contributed by atoms with Gasteiger partial charge in [-0.2, -0.15) is 0 Å². The largest absolute Gasteiger partial charge is 0.497 e. The molecule has 3 unspecified atom stereocenters. The van der Waals surface area contributed by atoms with Crippen molar-refractivity contribution in [1.29, 1.82) is 0 Å². The zero-order valence-corrected chi connectivity index (χ0v) is 13.3. The van der Waals surface area contributed by atoms with Gasteiger partial charge in [-0.3, -0.25) is 4.90 Å². The molecule has 1 aromatic rings. The average Bonchev–Trinajstić information content (AvgIpc) is 2.54. The minimum Gasteiger partial charge on any atom is -0.497 e. The Morgan fingerprint density at radius 1 is 1.24 bits per heavy atom. The lowest BCUT2D eigenvalue weighted by Gasteiger charge is -2.44. The van der Waals surface area contributed by atoms with Crippen LogP contribution in [0.2, 0.25) is 0 Å². The number of benzene rings is 1. The number of aryl methyl sites for hydroxylation is 1. The Bertz CT molecular complexity index is 488. The maximum atomic E-state index is 5.91. The van der Waals surface area contributed by atoms with Gasteiger partial charge >= 0.3 is 0 Å². The van der Waals surface area contributed by atoms with Crippen LogP contribution in [0.5, 0.6) is 5.75 Å². The zero-order valence-electron chi connectivity index (χ0n) is 13.3. The van der Waals surface area contributed by atoms with Crippen molar-refractivity contribution in [3.05, 3.63) is 29.3 Å². The van der Waals surface area contributed by atoms with Gasteiger partial charge in [-0.25, -0.2) is 0 Å². The predicted molar refractivity (Wildman–Crippen MR) is 86.8 cm³/mol. The number of ether oxygens (including phenoxy) is 1. The van der Waals surface area contributed by atoms with Crippen molar-refractivity contribution in [3.63, 3.8) is 0 Å². The van der Waals surface area contributed by atoms with E-state index in [2.05, 4.69) is 30.0 Å². The number of fused-ring (bicyclic) bond motifs is 1. The van der Waals surface area contributed by atoms with E-state index in [0.717, 1.165) is 18.7 Å². The van der Waals surface area contributed by atoms with Crippen molar-refractivity contribution in [2.24, 2.45) is 11.7 Å². The Balaban J connectivity index is 1.75. The molecule has 0 radical (unpaired) electrons. The summed E-state index contributed by atoms with van der Waals surface area (Å²) in [6.45, 7) is 4.40.